The molecule has 3 aromatic rings. The number of aromatic nitrogens is 2. The lowest BCUT2D eigenvalue weighted by atomic mass is 10.2. The molecule has 0 aliphatic heterocycles. The van der Waals surface area contributed by atoms with E-state index in [0.717, 1.165) is 10.5 Å². The lowest BCUT2D eigenvalue weighted by Gasteiger charge is -1.98. The van der Waals surface area contributed by atoms with Crippen LogP contribution in [0.15, 0.2) is 63.9 Å². The van der Waals surface area contributed by atoms with Gasteiger partial charge in [-0.05, 0) is 54.3 Å². The van der Waals surface area contributed by atoms with E-state index in [-0.39, 0.29) is 11.7 Å². The number of thioether (sulfide) groups is 1. The van der Waals surface area contributed by atoms with E-state index in [1.54, 1.807) is 23.9 Å². The second-order valence-corrected chi connectivity index (χ2v) is 6.19. The zero-order valence-corrected chi connectivity index (χ0v) is 15.0. The number of non-ortho nitro benzene ring substituents is 1. The van der Waals surface area contributed by atoms with Gasteiger partial charge in [-0.1, -0.05) is 5.10 Å². The summed E-state index contributed by atoms with van der Waals surface area (Å²) in [7, 11) is 0. The maximum absolute atomic E-state index is 12.0. The van der Waals surface area contributed by atoms with Crippen molar-refractivity contribution in [3.63, 3.8) is 0 Å². The van der Waals surface area contributed by atoms with Crippen LogP contribution in [-0.2, 0) is 4.79 Å². The van der Waals surface area contributed by atoms with Gasteiger partial charge >= 0.3 is 6.01 Å². The first-order valence-electron chi connectivity index (χ1n) is 7.76. The first kappa shape index (κ1) is 18.3. The Bertz CT molecular complexity index is 981. The van der Waals surface area contributed by atoms with E-state index < -0.39 is 10.8 Å². The largest absolute Gasteiger partial charge is 0.403 e. The molecule has 3 rings (SSSR count). The van der Waals surface area contributed by atoms with Gasteiger partial charge in [0.2, 0.25) is 5.89 Å². The molecule has 0 atom stereocenters. The Balaban J connectivity index is 1.62. The predicted octanol–water partition coefficient (Wildman–Crippen LogP) is 4.02. The van der Waals surface area contributed by atoms with E-state index in [9.17, 15) is 14.9 Å². The molecule has 1 aromatic heterocycles. The number of nitrogens with zero attached hydrogens (tertiary/aromatic N) is 3. The second-order valence-electron chi connectivity index (χ2n) is 5.31. The molecule has 9 heteroatoms. The Hall–Kier alpha value is -3.46. The summed E-state index contributed by atoms with van der Waals surface area (Å²) in [5.41, 5.74) is 1.39. The summed E-state index contributed by atoms with van der Waals surface area (Å²) in [4.78, 5) is 23.2. The molecule has 1 heterocycles. The van der Waals surface area contributed by atoms with Crippen LogP contribution in [0.4, 0.5) is 11.7 Å². The number of rotatable bonds is 6. The fourth-order valence-electron chi connectivity index (χ4n) is 2.15. The first-order valence-corrected chi connectivity index (χ1v) is 8.99. The van der Waals surface area contributed by atoms with Crippen LogP contribution in [0.5, 0.6) is 0 Å². The molecule has 0 fully saturated rings. The van der Waals surface area contributed by atoms with Crippen molar-refractivity contribution in [2.24, 2.45) is 0 Å². The second kappa shape index (κ2) is 8.28. The van der Waals surface area contributed by atoms with Crippen LogP contribution >= 0.6 is 11.8 Å². The molecule has 8 nitrogen and oxygen atoms in total. The van der Waals surface area contributed by atoms with Gasteiger partial charge in [0.1, 0.15) is 0 Å². The summed E-state index contributed by atoms with van der Waals surface area (Å²) < 4.78 is 5.44. The molecule has 136 valence electrons. The molecule has 0 spiro atoms. The molecule has 0 radical (unpaired) electrons. The minimum Gasteiger partial charge on any atom is -0.403 e. The highest BCUT2D eigenvalue weighted by Gasteiger charge is 2.10. The van der Waals surface area contributed by atoms with E-state index in [0.29, 0.717) is 11.5 Å². The number of hydrogen-bond acceptors (Lipinski definition) is 7. The molecular weight excluding hydrogens is 368 g/mol. The Morgan fingerprint density at radius 1 is 1.15 bits per heavy atom. The molecule has 2 aromatic carbocycles. The van der Waals surface area contributed by atoms with Crippen molar-refractivity contribution in [3.8, 4) is 11.5 Å². The van der Waals surface area contributed by atoms with Crippen molar-refractivity contribution in [2.45, 2.75) is 4.90 Å². The summed E-state index contributed by atoms with van der Waals surface area (Å²) in [6, 6.07) is 13.4. The maximum atomic E-state index is 12.0. The summed E-state index contributed by atoms with van der Waals surface area (Å²) >= 11 is 1.63. The molecule has 0 saturated carbocycles. The highest BCUT2D eigenvalue weighted by molar-refractivity contribution is 7.98. The molecule has 27 heavy (non-hydrogen) atoms. The van der Waals surface area contributed by atoms with Crippen molar-refractivity contribution in [1.82, 2.24) is 10.2 Å². The van der Waals surface area contributed by atoms with Gasteiger partial charge in [0.15, 0.2) is 0 Å². The van der Waals surface area contributed by atoms with Crippen molar-refractivity contribution in [3.05, 3.63) is 70.3 Å². The summed E-state index contributed by atoms with van der Waals surface area (Å²) in [6.45, 7) is 0. The lowest BCUT2D eigenvalue weighted by molar-refractivity contribution is -0.384. The summed E-state index contributed by atoms with van der Waals surface area (Å²) in [5, 5.41) is 20.8. The maximum Gasteiger partial charge on any atom is 0.322 e. The number of anilines is 1. The van der Waals surface area contributed by atoms with Crippen molar-refractivity contribution in [2.75, 3.05) is 11.6 Å². The van der Waals surface area contributed by atoms with Crippen molar-refractivity contribution >= 4 is 35.4 Å². The SMILES string of the molecule is CSc1ccc(-c2nnc(NC(=O)C=Cc3ccc([N+](=O)[O-])cc3)o2)cc1. The third-order valence-electron chi connectivity index (χ3n) is 3.52. The quantitative estimate of drug-likeness (QED) is 0.297. The number of carbonyl (C=O) groups excluding carboxylic acids is 1. The summed E-state index contributed by atoms with van der Waals surface area (Å²) in [6.07, 6.45) is 4.79. The van der Waals surface area contributed by atoms with Gasteiger partial charge in [0, 0.05) is 28.7 Å². The summed E-state index contributed by atoms with van der Waals surface area (Å²) in [5.74, 6) is -0.154. The Labute approximate surface area is 158 Å². The minimum absolute atomic E-state index is 0.0134. The zero-order valence-electron chi connectivity index (χ0n) is 14.2. The van der Waals surface area contributed by atoms with Crippen LogP contribution in [0.1, 0.15) is 5.56 Å². The fraction of sp³-hybridized carbons (Fsp3) is 0.0556. The number of nitro benzene ring substituents is 1. The molecule has 0 unspecified atom stereocenters. The molecule has 0 aliphatic rings. The van der Waals surface area contributed by atoms with Gasteiger partial charge in [0.25, 0.3) is 11.6 Å². The van der Waals surface area contributed by atoms with Crippen LogP contribution in [0.2, 0.25) is 0 Å². The molecule has 0 aliphatic carbocycles. The van der Waals surface area contributed by atoms with Crippen LogP contribution in [-0.4, -0.2) is 27.3 Å². The smallest absolute Gasteiger partial charge is 0.322 e. The van der Waals surface area contributed by atoms with E-state index >= 15 is 0 Å². The van der Waals surface area contributed by atoms with Crippen LogP contribution in [0, 0.1) is 10.1 Å². The highest BCUT2D eigenvalue weighted by Crippen LogP contribution is 2.23. The third kappa shape index (κ3) is 4.79. The highest BCUT2D eigenvalue weighted by atomic mass is 32.2. The van der Waals surface area contributed by atoms with E-state index in [1.165, 1.54) is 24.3 Å². The minimum atomic E-state index is -0.484. The van der Waals surface area contributed by atoms with E-state index in [2.05, 4.69) is 15.5 Å². The molecule has 1 N–H and O–H groups in total. The van der Waals surface area contributed by atoms with Gasteiger partial charge < -0.3 is 4.42 Å². The Kier molecular flexibility index (Phi) is 5.62. The third-order valence-corrected chi connectivity index (χ3v) is 4.27. The number of hydrogen-bond donors (Lipinski definition) is 1. The van der Waals surface area contributed by atoms with E-state index in [1.807, 2.05) is 30.5 Å². The number of nitro groups is 1. The number of nitrogens with one attached hydrogen (secondary N) is 1. The Morgan fingerprint density at radius 3 is 2.48 bits per heavy atom. The molecule has 1 amide bonds. The van der Waals surface area contributed by atoms with Crippen molar-refractivity contribution < 1.29 is 14.1 Å². The molecule has 0 saturated heterocycles. The van der Waals surface area contributed by atoms with Gasteiger partial charge in [-0.3, -0.25) is 20.2 Å². The Morgan fingerprint density at radius 2 is 1.85 bits per heavy atom. The van der Waals surface area contributed by atoms with Crippen LogP contribution in [0.3, 0.4) is 0 Å². The van der Waals surface area contributed by atoms with Gasteiger partial charge in [-0.15, -0.1) is 16.9 Å². The number of carbonyl (C=O) groups is 1. The van der Waals surface area contributed by atoms with Crippen LogP contribution < -0.4 is 5.32 Å². The number of benzene rings is 2. The average Bonchev–Trinajstić information content (AvgIpc) is 3.15. The monoisotopic (exact) mass is 382 g/mol. The van der Waals surface area contributed by atoms with Gasteiger partial charge in [0.05, 0.1) is 4.92 Å². The normalized spacial score (nSPS) is 10.9. The topological polar surface area (TPSA) is 111 Å². The average molecular weight is 382 g/mol. The molecule has 0 bridgehead atoms. The van der Waals surface area contributed by atoms with Gasteiger partial charge in [-0.2, -0.15) is 0 Å². The first-order chi connectivity index (χ1) is 13.0. The lowest BCUT2D eigenvalue weighted by Crippen LogP contribution is -2.07. The fourth-order valence-corrected chi connectivity index (χ4v) is 2.56. The van der Waals surface area contributed by atoms with Crippen LogP contribution in [0.25, 0.3) is 17.5 Å². The zero-order chi connectivity index (χ0) is 19.2. The standard InChI is InChI=1S/C18H14N4O4S/c1-27-15-9-5-13(6-10-15)17-20-21-18(26-17)19-16(23)11-4-12-2-7-14(8-3-12)22(24)25/h2-11H,1H3,(H,19,21,23). The predicted molar refractivity (Wildman–Crippen MR) is 102 cm³/mol. The van der Waals surface area contributed by atoms with E-state index in [4.69, 9.17) is 4.42 Å². The van der Waals surface area contributed by atoms with Gasteiger partial charge in [-0.25, -0.2) is 0 Å². The number of amides is 1. The van der Waals surface area contributed by atoms with Crippen molar-refractivity contribution in [1.29, 1.82) is 0 Å². The molecular formula is C18H14N4O4S.